The lowest BCUT2D eigenvalue weighted by Gasteiger charge is -2.06. The maximum absolute atomic E-state index is 10.4. The topological polar surface area (TPSA) is 80.3 Å². The molecule has 0 bridgehead atoms. The SMILES string of the molecule is Cc1scc(C(=O)[O-])c1C(=O)[O-]. The lowest BCUT2D eigenvalue weighted by atomic mass is 10.1. The van der Waals surface area contributed by atoms with Crippen molar-refractivity contribution in [3.8, 4) is 0 Å². The van der Waals surface area contributed by atoms with Gasteiger partial charge in [-0.25, -0.2) is 0 Å². The Morgan fingerprint density at radius 3 is 2.25 bits per heavy atom. The second-order valence-corrected chi connectivity index (χ2v) is 3.24. The molecular formula is C7H4O4S-2. The van der Waals surface area contributed by atoms with E-state index in [9.17, 15) is 19.8 Å². The van der Waals surface area contributed by atoms with Crippen LogP contribution >= 0.6 is 11.3 Å². The van der Waals surface area contributed by atoms with Crippen LogP contribution in [0.3, 0.4) is 0 Å². The normalized spacial score (nSPS) is 9.75. The number of carboxylic acid groups (broad SMARTS) is 2. The zero-order chi connectivity index (χ0) is 9.30. The summed E-state index contributed by atoms with van der Waals surface area (Å²) in [5.74, 6) is -2.97. The van der Waals surface area contributed by atoms with Crippen molar-refractivity contribution in [2.24, 2.45) is 0 Å². The molecule has 0 fully saturated rings. The third-order valence-electron chi connectivity index (χ3n) is 1.40. The highest BCUT2D eigenvalue weighted by molar-refractivity contribution is 7.10. The average Bonchev–Trinajstić information content (AvgIpc) is 2.30. The number of carboxylic acids is 2. The van der Waals surface area contributed by atoms with Crippen molar-refractivity contribution in [2.45, 2.75) is 6.92 Å². The van der Waals surface area contributed by atoms with Crippen molar-refractivity contribution in [1.29, 1.82) is 0 Å². The number of thiophene rings is 1. The molecule has 0 spiro atoms. The summed E-state index contributed by atoms with van der Waals surface area (Å²) in [5, 5.41) is 22.0. The van der Waals surface area contributed by atoms with Crippen molar-refractivity contribution < 1.29 is 19.8 Å². The highest BCUT2D eigenvalue weighted by atomic mass is 32.1. The van der Waals surface area contributed by atoms with Gasteiger partial charge in [-0.2, -0.15) is 0 Å². The first-order valence-electron chi connectivity index (χ1n) is 3.04. The smallest absolute Gasteiger partial charge is 0.0733 e. The molecule has 0 saturated carbocycles. The number of carbonyl (C=O) groups is 2. The van der Waals surface area contributed by atoms with E-state index in [0.717, 1.165) is 11.3 Å². The molecule has 5 heteroatoms. The van der Waals surface area contributed by atoms with Crippen molar-refractivity contribution in [1.82, 2.24) is 0 Å². The standard InChI is InChI=1S/C7H6O4S/c1-3-5(7(10)11)4(2-12-3)6(8)9/h2H,1H3,(H,8,9)(H,10,11)/p-2. The number of hydrogen-bond donors (Lipinski definition) is 0. The van der Waals surface area contributed by atoms with Crippen LogP contribution < -0.4 is 10.2 Å². The second kappa shape index (κ2) is 2.94. The van der Waals surface area contributed by atoms with Crippen molar-refractivity contribution >= 4 is 23.3 Å². The highest BCUT2D eigenvalue weighted by Crippen LogP contribution is 2.20. The van der Waals surface area contributed by atoms with Crippen LogP contribution in [0.15, 0.2) is 5.38 Å². The van der Waals surface area contributed by atoms with E-state index in [0.29, 0.717) is 4.88 Å². The second-order valence-electron chi connectivity index (χ2n) is 2.16. The fourth-order valence-electron chi connectivity index (χ4n) is 0.859. The molecule has 1 aromatic rings. The van der Waals surface area contributed by atoms with Crippen molar-refractivity contribution in [2.75, 3.05) is 0 Å². The summed E-state index contributed by atoms with van der Waals surface area (Å²) in [5.41, 5.74) is -0.586. The third-order valence-corrected chi connectivity index (χ3v) is 2.31. The van der Waals surface area contributed by atoms with E-state index in [-0.39, 0.29) is 11.1 Å². The van der Waals surface area contributed by atoms with Gasteiger partial charge in [0.1, 0.15) is 0 Å². The molecule has 0 aliphatic heterocycles. The Morgan fingerprint density at radius 1 is 1.33 bits per heavy atom. The molecule has 1 aromatic heterocycles. The van der Waals surface area contributed by atoms with Crippen LogP contribution in [0.4, 0.5) is 0 Å². The van der Waals surface area contributed by atoms with E-state index < -0.39 is 11.9 Å². The molecule has 0 amide bonds. The van der Waals surface area contributed by atoms with Crippen LogP contribution in [-0.4, -0.2) is 11.9 Å². The van der Waals surface area contributed by atoms with Gasteiger partial charge in [0.2, 0.25) is 0 Å². The number of rotatable bonds is 2. The zero-order valence-electron chi connectivity index (χ0n) is 6.12. The molecule has 0 atom stereocenters. The summed E-state index contributed by atoms with van der Waals surface area (Å²) in [6, 6.07) is 0. The van der Waals surface area contributed by atoms with E-state index in [4.69, 9.17) is 0 Å². The molecule has 0 aromatic carbocycles. The highest BCUT2D eigenvalue weighted by Gasteiger charge is 2.09. The minimum absolute atomic E-state index is 0.278. The van der Waals surface area contributed by atoms with Gasteiger partial charge in [0, 0.05) is 21.4 Å². The molecule has 4 nitrogen and oxygen atoms in total. The van der Waals surface area contributed by atoms with Crippen molar-refractivity contribution in [3.63, 3.8) is 0 Å². The maximum atomic E-state index is 10.4. The Balaban J connectivity index is 3.31. The van der Waals surface area contributed by atoms with Crippen LogP contribution in [0.2, 0.25) is 0 Å². The molecule has 64 valence electrons. The zero-order valence-corrected chi connectivity index (χ0v) is 6.94. The van der Waals surface area contributed by atoms with Crippen LogP contribution in [0.5, 0.6) is 0 Å². The van der Waals surface area contributed by atoms with Gasteiger partial charge in [-0.05, 0) is 6.92 Å². The van der Waals surface area contributed by atoms with Gasteiger partial charge < -0.3 is 19.8 Å². The Kier molecular flexibility index (Phi) is 2.14. The van der Waals surface area contributed by atoms with E-state index in [1.54, 1.807) is 0 Å². The van der Waals surface area contributed by atoms with E-state index in [1.807, 2.05) is 0 Å². The van der Waals surface area contributed by atoms with Crippen LogP contribution in [-0.2, 0) is 0 Å². The first kappa shape index (κ1) is 8.73. The predicted octanol–water partition coefficient (Wildman–Crippen LogP) is -1.22. The minimum atomic E-state index is -1.49. The molecule has 0 radical (unpaired) electrons. The van der Waals surface area contributed by atoms with Gasteiger partial charge >= 0.3 is 0 Å². The lowest BCUT2D eigenvalue weighted by Crippen LogP contribution is -2.29. The maximum Gasteiger partial charge on any atom is 0.0733 e. The van der Waals surface area contributed by atoms with E-state index >= 15 is 0 Å². The predicted molar refractivity (Wildman–Crippen MR) is 37.7 cm³/mol. The Labute approximate surface area is 72.1 Å². The van der Waals surface area contributed by atoms with E-state index in [2.05, 4.69) is 0 Å². The monoisotopic (exact) mass is 184 g/mol. The number of hydrogen-bond acceptors (Lipinski definition) is 5. The van der Waals surface area contributed by atoms with Gasteiger partial charge in [-0.1, -0.05) is 0 Å². The quantitative estimate of drug-likeness (QED) is 0.577. The lowest BCUT2D eigenvalue weighted by molar-refractivity contribution is -0.259. The van der Waals surface area contributed by atoms with Gasteiger partial charge in [0.25, 0.3) is 0 Å². The Bertz CT molecular complexity index is 339. The van der Waals surface area contributed by atoms with Crippen molar-refractivity contribution in [3.05, 3.63) is 21.4 Å². The molecule has 0 aliphatic rings. The third kappa shape index (κ3) is 1.31. The van der Waals surface area contributed by atoms with Gasteiger partial charge in [-0.15, -0.1) is 11.3 Å². The molecule has 0 unspecified atom stereocenters. The summed E-state index contributed by atoms with van der Waals surface area (Å²) in [6.45, 7) is 1.52. The summed E-state index contributed by atoms with van der Waals surface area (Å²) in [6.07, 6.45) is 0. The molecule has 1 heterocycles. The van der Waals surface area contributed by atoms with Gasteiger partial charge in [0.15, 0.2) is 0 Å². The molecule has 1 rings (SSSR count). The first-order valence-corrected chi connectivity index (χ1v) is 3.92. The molecule has 0 N–H and O–H groups in total. The fraction of sp³-hybridized carbons (Fsp3) is 0.143. The summed E-state index contributed by atoms with van der Waals surface area (Å²) in [7, 11) is 0. The van der Waals surface area contributed by atoms with Gasteiger partial charge in [0.05, 0.1) is 11.9 Å². The largest absolute Gasteiger partial charge is 0.545 e. The van der Waals surface area contributed by atoms with E-state index in [1.165, 1.54) is 12.3 Å². The minimum Gasteiger partial charge on any atom is -0.545 e. The summed E-state index contributed by atoms with van der Waals surface area (Å²) >= 11 is 1.05. The van der Waals surface area contributed by atoms with Crippen LogP contribution in [0.1, 0.15) is 25.6 Å². The summed E-state index contributed by atoms with van der Waals surface area (Å²) < 4.78 is 0. The van der Waals surface area contributed by atoms with Crippen LogP contribution in [0, 0.1) is 6.92 Å². The Hall–Kier alpha value is -1.36. The van der Waals surface area contributed by atoms with Crippen LogP contribution in [0.25, 0.3) is 0 Å². The van der Waals surface area contributed by atoms with Gasteiger partial charge in [-0.3, -0.25) is 0 Å². The average molecular weight is 184 g/mol. The molecule has 0 saturated heterocycles. The number of carbonyl (C=O) groups excluding carboxylic acids is 2. The number of aryl methyl sites for hydroxylation is 1. The molecular weight excluding hydrogens is 180 g/mol. The first-order chi connectivity index (χ1) is 5.54. The molecule has 0 aliphatic carbocycles. The number of aromatic carboxylic acids is 2. The summed E-state index contributed by atoms with van der Waals surface area (Å²) in [4.78, 5) is 21.2. The molecule has 12 heavy (non-hydrogen) atoms. The Morgan fingerprint density at radius 2 is 1.92 bits per heavy atom. The fourth-order valence-corrected chi connectivity index (χ4v) is 1.68.